The fourth-order valence-corrected chi connectivity index (χ4v) is 2.14. The Morgan fingerprint density at radius 3 is 2.61 bits per heavy atom. The number of halogens is 3. The maximum atomic E-state index is 13.1. The number of hydrogen-bond acceptors (Lipinski definition) is 2. The molecule has 1 amide bonds. The maximum absolute atomic E-state index is 13.1. The second kappa shape index (κ2) is 6.73. The molecule has 0 unspecified atom stereocenters. The van der Waals surface area contributed by atoms with Gasteiger partial charge in [-0.05, 0) is 48.4 Å². The lowest BCUT2D eigenvalue weighted by Gasteiger charge is -2.14. The van der Waals surface area contributed by atoms with Crippen LogP contribution in [0.15, 0.2) is 36.4 Å². The van der Waals surface area contributed by atoms with Crippen molar-refractivity contribution >= 4 is 11.6 Å². The monoisotopic (exact) mass is 322 g/mol. The van der Waals surface area contributed by atoms with Crippen LogP contribution in [0.2, 0.25) is 0 Å². The highest BCUT2D eigenvalue weighted by Crippen LogP contribution is 2.34. The zero-order chi connectivity index (χ0) is 17.0. The van der Waals surface area contributed by atoms with Gasteiger partial charge in [0.25, 0.3) is 0 Å². The summed E-state index contributed by atoms with van der Waals surface area (Å²) in [6.45, 7) is 1.81. The van der Waals surface area contributed by atoms with E-state index in [9.17, 15) is 18.0 Å². The number of methoxy groups -OCH3 is 1. The average Bonchev–Trinajstić information content (AvgIpc) is 2.46. The van der Waals surface area contributed by atoms with Crippen LogP contribution in [0.1, 0.15) is 16.7 Å². The maximum Gasteiger partial charge on any atom is 0.416 e. The minimum Gasteiger partial charge on any atom is -0.497 e. The van der Waals surface area contributed by atoms with Crippen molar-refractivity contribution in [2.24, 2.45) is 0 Å². The number of carbonyl (C=O) groups excluding carboxylic acids is 1. The number of alkyl halides is 3. The van der Waals surface area contributed by atoms with Gasteiger partial charge < -0.3 is 10.1 Å². The number of hydrogen-bond donors (Lipinski definition) is 1. The van der Waals surface area contributed by atoms with Gasteiger partial charge in [-0.3, -0.25) is 4.79 Å². The number of amides is 1. The molecule has 6 heteroatoms. The number of carbonyl (C=O) groups is 1. The molecule has 2 aromatic rings. The predicted octanol–water partition coefficient (Wildman–Crippen LogP) is 4.00. The fraction of sp³-hybridized carbons (Fsp3) is 0.235. The molecular formula is C17H15F3NO2. The first-order valence-corrected chi connectivity index (χ1v) is 6.82. The van der Waals surface area contributed by atoms with Crippen LogP contribution in [0.25, 0.3) is 0 Å². The second-order valence-corrected chi connectivity index (χ2v) is 5.01. The third-order valence-electron chi connectivity index (χ3n) is 3.20. The molecule has 0 fully saturated rings. The quantitative estimate of drug-likeness (QED) is 0.924. The Labute approximate surface area is 132 Å². The number of anilines is 1. The molecule has 121 valence electrons. The van der Waals surface area contributed by atoms with Gasteiger partial charge in [0.2, 0.25) is 5.91 Å². The zero-order valence-electron chi connectivity index (χ0n) is 12.6. The Morgan fingerprint density at radius 1 is 1.26 bits per heavy atom. The molecule has 1 N–H and O–H groups in total. The largest absolute Gasteiger partial charge is 0.497 e. The van der Waals surface area contributed by atoms with Crippen molar-refractivity contribution < 1.29 is 22.7 Å². The van der Waals surface area contributed by atoms with Gasteiger partial charge in [0, 0.05) is 5.69 Å². The van der Waals surface area contributed by atoms with E-state index in [0.29, 0.717) is 5.69 Å². The van der Waals surface area contributed by atoms with Crippen LogP contribution in [0.4, 0.5) is 18.9 Å². The summed E-state index contributed by atoms with van der Waals surface area (Å²) in [5.41, 5.74) is 0.371. The Kier molecular flexibility index (Phi) is 4.93. The molecular weight excluding hydrogens is 307 g/mol. The van der Waals surface area contributed by atoms with E-state index in [4.69, 9.17) is 4.74 Å². The van der Waals surface area contributed by atoms with Crippen molar-refractivity contribution in [3.63, 3.8) is 0 Å². The summed E-state index contributed by atoms with van der Waals surface area (Å²) in [5, 5.41) is 2.58. The Balaban J connectivity index is 2.20. The lowest BCUT2D eigenvalue weighted by molar-refractivity contribution is -0.138. The molecule has 0 aliphatic carbocycles. The molecule has 0 saturated heterocycles. The summed E-state index contributed by atoms with van der Waals surface area (Å²) < 4.78 is 44.1. The first-order chi connectivity index (χ1) is 10.8. The summed E-state index contributed by atoms with van der Waals surface area (Å²) in [6.07, 6.45) is -4.93. The van der Waals surface area contributed by atoms with Crippen LogP contribution < -0.4 is 10.1 Å². The number of aryl methyl sites for hydroxylation is 1. The lowest BCUT2D eigenvalue weighted by Crippen LogP contribution is -2.18. The molecule has 0 aliphatic rings. The van der Waals surface area contributed by atoms with Crippen molar-refractivity contribution in [3.05, 3.63) is 59.2 Å². The molecule has 3 nitrogen and oxygen atoms in total. The van der Waals surface area contributed by atoms with Gasteiger partial charge in [0.1, 0.15) is 5.75 Å². The highest BCUT2D eigenvalue weighted by molar-refractivity contribution is 5.92. The van der Waals surface area contributed by atoms with E-state index in [1.165, 1.54) is 19.2 Å². The summed E-state index contributed by atoms with van der Waals surface area (Å²) >= 11 is 0. The van der Waals surface area contributed by atoms with Crippen LogP contribution >= 0.6 is 0 Å². The molecule has 0 spiro atoms. The summed E-state index contributed by atoms with van der Waals surface area (Å²) in [5.74, 6) is -0.429. The van der Waals surface area contributed by atoms with Gasteiger partial charge in [0.05, 0.1) is 19.1 Å². The van der Waals surface area contributed by atoms with Gasteiger partial charge in [-0.1, -0.05) is 12.1 Å². The van der Waals surface area contributed by atoms with E-state index >= 15 is 0 Å². The SMILES string of the molecule is COc1ccc(CC(=O)Nc2cc[c]c(C)c2)c(C(F)(F)F)c1. The molecule has 2 aromatic carbocycles. The molecule has 0 heterocycles. The van der Waals surface area contributed by atoms with Gasteiger partial charge in [-0.15, -0.1) is 0 Å². The number of rotatable bonds is 4. The molecule has 0 bridgehead atoms. The Bertz CT molecular complexity index is 711. The highest BCUT2D eigenvalue weighted by atomic mass is 19.4. The van der Waals surface area contributed by atoms with E-state index < -0.39 is 17.6 Å². The van der Waals surface area contributed by atoms with Crippen LogP contribution in [0.3, 0.4) is 0 Å². The molecule has 2 rings (SSSR count). The van der Waals surface area contributed by atoms with Crippen LogP contribution in [0.5, 0.6) is 5.75 Å². The second-order valence-electron chi connectivity index (χ2n) is 5.01. The number of benzene rings is 2. The fourth-order valence-electron chi connectivity index (χ4n) is 2.14. The molecule has 0 aromatic heterocycles. The van der Waals surface area contributed by atoms with Crippen molar-refractivity contribution in [3.8, 4) is 5.75 Å². The van der Waals surface area contributed by atoms with Crippen molar-refractivity contribution in [2.75, 3.05) is 12.4 Å². The minimum atomic E-state index is -4.55. The van der Waals surface area contributed by atoms with E-state index in [1.54, 1.807) is 25.1 Å². The lowest BCUT2D eigenvalue weighted by atomic mass is 10.0. The Hall–Kier alpha value is -2.50. The molecule has 1 radical (unpaired) electrons. The topological polar surface area (TPSA) is 38.3 Å². The number of nitrogens with one attached hydrogen (secondary N) is 1. The van der Waals surface area contributed by atoms with Crippen molar-refractivity contribution in [1.82, 2.24) is 0 Å². The van der Waals surface area contributed by atoms with Crippen LogP contribution in [-0.2, 0) is 17.4 Å². The Morgan fingerprint density at radius 2 is 2.00 bits per heavy atom. The normalized spacial score (nSPS) is 11.2. The van der Waals surface area contributed by atoms with Gasteiger partial charge in [-0.2, -0.15) is 13.2 Å². The van der Waals surface area contributed by atoms with E-state index in [-0.39, 0.29) is 17.7 Å². The first kappa shape index (κ1) is 16.9. The van der Waals surface area contributed by atoms with Gasteiger partial charge in [-0.25, -0.2) is 0 Å². The molecule has 23 heavy (non-hydrogen) atoms. The summed E-state index contributed by atoms with van der Waals surface area (Å²) in [6, 6.07) is 11.4. The first-order valence-electron chi connectivity index (χ1n) is 6.82. The van der Waals surface area contributed by atoms with Gasteiger partial charge >= 0.3 is 6.18 Å². The van der Waals surface area contributed by atoms with Crippen LogP contribution in [-0.4, -0.2) is 13.0 Å². The number of ether oxygens (including phenoxy) is 1. The predicted molar refractivity (Wildman–Crippen MR) is 80.3 cm³/mol. The van der Waals surface area contributed by atoms with E-state index in [2.05, 4.69) is 11.4 Å². The highest BCUT2D eigenvalue weighted by Gasteiger charge is 2.34. The van der Waals surface area contributed by atoms with Crippen molar-refractivity contribution in [2.45, 2.75) is 19.5 Å². The zero-order valence-corrected chi connectivity index (χ0v) is 12.6. The molecule has 0 saturated carbocycles. The van der Waals surface area contributed by atoms with Gasteiger partial charge in [0.15, 0.2) is 0 Å². The standard InChI is InChI=1S/C17H15F3NO2/c1-11-4-3-5-13(8-11)21-16(22)9-12-6-7-14(23-2)10-15(12)17(18,19)20/h3,5-8,10H,9H2,1-2H3,(H,21,22). The van der Waals surface area contributed by atoms with Crippen molar-refractivity contribution in [1.29, 1.82) is 0 Å². The smallest absolute Gasteiger partial charge is 0.416 e. The van der Waals surface area contributed by atoms with Crippen LogP contribution in [0, 0.1) is 13.0 Å². The average molecular weight is 322 g/mol. The summed E-state index contributed by atoms with van der Waals surface area (Å²) in [7, 11) is 1.29. The van der Waals surface area contributed by atoms with E-state index in [1.807, 2.05) is 0 Å². The summed E-state index contributed by atoms with van der Waals surface area (Å²) in [4.78, 5) is 12.0. The third kappa shape index (κ3) is 4.48. The molecule has 0 atom stereocenters. The van der Waals surface area contributed by atoms with E-state index in [0.717, 1.165) is 11.6 Å². The third-order valence-corrected chi connectivity index (χ3v) is 3.20. The molecule has 0 aliphatic heterocycles. The minimum absolute atomic E-state index is 0.0932.